The highest BCUT2D eigenvalue weighted by atomic mass is 16.5. The van der Waals surface area contributed by atoms with E-state index in [9.17, 15) is 4.79 Å². The molecule has 0 fully saturated rings. The molecule has 9 nitrogen and oxygen atoms in total. The summed E-state index contributed by atoms with van der Waals surface area (Å²) in [7, 11) is 3.44. The van der Waals surface area contributed by atoms with Gasteiger partial charge >= 0.3 is 5.69 Å². The summed E-state index contributed by atoms with van der Waals surface area (Å²) < 4.78 is 14.2. The molecule has 2 heterocycles. The van der Waals surface area contributed by atoms with Crippen LogP contribution in [0.25, 0.3) is 22.5 Å². The lowest BCUT2D eigenvalue weighted by Gasteiger charge is -2.08. The first-order chi connectivity index (χ1) is 16.6. The van der Waals surface area contributed by atoms with Gasteiger partial charge in [0, 0.05) is 12.7 Å². The molecule has 0 aliphatic heterocycles. The molecule has 5 aromatic rings. The molecule has 34 heavy (non-hydrogen) atoms. The van der Waals surface area contributed by atoms with E-state index in [4.69, 9.17) is 15.2 Å². The standard InChI is InChI=1S/C25H22N6O3/c1-27-16-4-3-5-18(14-16)31-23-22(15-28-24(26)29-23)30(25(31)32)17-6-8-20(9-7-17)34-21-12-10-19(33-2)11-13-21/h3-15,27H,1-2H3,(H2,26,28,29). The van der Waals surface area contributed by atoms with Gasteiger partial charge in [0.2, 0.25) is 5.95 Å². The maximum absolute atomic E-state index is 13.6. The highest BCUT2D eigenvalue weighted by Crippen LogP contribution is 2.26. The number of nitrogens with one attached hydrogen (secondary N) is 1. The normalized spacial score (nSPS) is 10.9. The van der Waals surface area contributed by atoms with Gasteiger partial charge in [0.05, 0.1) is 24.7 Å². The largest absolute Gasteiger partial charge is 0.497 e. The van der Waals surface area contributed by atoms with E-state index in [2.05, 4.69) is 15.3 Å². The van der Waals surface area contributed by atoms with E-state index >= 15 is 0 Å². The van der Waals surface area contributed by atoms with Gasteiger partial charge in [-0.15, -0.1) is 0 Å². The Labute approximate surface area is 195 Å². The Kier molecular flexibility index (Phi) is 5.35. The smallest absolute Gasteiger partial charge is 0.339 e. The quantitative estimate of drug-likeness (QED) is 0.399. The van der Waals surface area contributed by atoms with Crippen LogP contribution in [0.5, 0.6) is 17.2 Å². The highest BCUT2D eigenvalue weighted by Gasteiger charge is 2.18. The molecule has 0 saturated heterocycles. The van der Waals surface area contributed by atoms with E-state index in [1.165, 1.54) is 4.57 Å². The van der Waals surface area contributed by atoms with Crippen LogP contribution >= 0.6 is 0 Å². The number of imidazole rings is 1. The molecule has 5 rings (SSSR count). The van der Waals surface area contributed by atoms with Crippen molar-refractivity contribution in [3.8, 4) is 28.6 Å². The summed E-state index contributed by atoms with van der Waals surface area (Å²) in [4.78, 5) is 22.1. The van der Waals surface area contributed by atoms with E-state index in [0.717, 1.165) is 11.4 Å². The number of benzene rings is 3. The van der Waals surface area contributed by atoms with E-state index in [-0.39, 0.29) is 11.6 Å². The molecule has 3 N–H and O–H groups in total. The molecular weight excluding hydrogens is 432 g/mol. The number of anilines is 2. The lowest BCUT2D eigenvalue weighted by atomic mass is 10.3. The zero-order valence-electron chi connectivity index (χ0n) is 18.6. The van der Waals surface area contributed by atoms with Crippen LogP contribution in [-0.4, -0.2) is 33.3 Å². The molecule has 170 valence electrons. The van der Waals surface area contributed by atoms with Crippen molar-refractivity contribution >= 4 is 22.8 Å². The number of hydrogen-bond donors (Lipinski definition) is 2. The van der Waals surface area contributed by atoms with Gasteiger partial charge in [0.25, 0.3) is 0 Å². The third kappa shape index (κ3) is 3.79. The SMILES string of the molecule is CNc1cccc(-n2c(=O)n(-c3ccc(Oc4ccc(OC)cc4)cc3)c3cnc(N)nc32)c1. The molecule has 0 aliphatic carbocycles. The summed E-state index contributed by atoms with van der Waals surface area (Å²) in [6.45, 7) is 0. The molecule has 0 unspecified atom stereocenters. The number of aromatic nitrogens is 4. The lowest BCUT2D eigenvalue weighted by molar-refractivity contribution is 0.413. The predicted molar refractivity (Wildman–Crippen MR) is 131 cm³/mol. The Hall–Kier alpha value is -4.79. The molecule has 9 heteroatoms. The maximum atomic E-state index is 13.6. The monoisotopic (exact) mass is 454 g/mol. The summed E-state index contributed by atoms with van der Waals surface area (Å²) in [6, 6.07) is 22.0. The van der Waals surface area contributed by atoms with Crippen LogP contribution in [0.4, 0.5) is 11.6 Å². The second-order valence-electron chi connectivity index (χ2n) is 7.46. The van der Waals surface area contributed by atoms with E-state index in [1.807, 2.05) is 67.7 Å². The van der Waals surface area contributed by atoms with Gasteiger partial charge < -0.3 is 20.5 Å². The summed E-state index contributed by atoms with van der Waals surface area (Å²) in [5, 5.41) is 3.09. The fourth-order valence-corrected chi connectivity index (χ4v) is 3.72. The van der Waals surface area contributed by atoms with Crippen molar-refractivity contribution in [2.45, 2.75) is 0 Å². The van der Waals surface area contributed by atoms with Crippen LogP contribution in [0, 0.1) is 0 Å². The summed E-state index contributed by atoms with van der Waals surface area (Å²) >= 11 is 0. The van der Waals surface area contributed by atoms with Gasteiger partial charge in [-0.3, -0.25) is 4.57 Å². The van der Waals surface area contributed by atoms with Crippen LogP contribution in [0.1, 0.15) is 0 Å². The number of nitrogens with zero attached hydrogens (tertiary/aromatic N) is 4. The van der Waals surface area contributed by atoms with Crippen LogP contribution in [0.3, 0.4) is 0 Å². The molecular formula is C25H22N6O3. The average Bonchev–Trinajstić information content (AvgIpc) is 3.15. The minimum Gasteiger partial charge on any atom is -0.497 e. The van der Waals surface area contributed by atoms with E-state index < -0.39 is 0 Å². The number of nitrogen functional groups attached to an aromatic ring is 1. The number of rotatable bonds is 6. The lowest BCUT2D eigenvalue weighted by Crippen LogP contribution is -2.22. The number of nitrogens with two attached hydrogens (primary N) is 1. The fraction of sp³-hybridized carbons (Fsp3) is 0.0800. The predicted octanol–water partition coefficient (Wildman–Crippen LogP) is 4.00. The Morgan fingerprint density at radius 3 is 2.24 bits per heavy atom. The topological polar surface area (TPSA) is 109 Å². The molecule has 3 aromatic carbocycles. The molecule has 0 amide bonds. The third-order valence-electron chi connectivity index (χ3n) is 5.39. The van der Waals surface area contributed by atoms with Crippen molar-refractivity contribution < 1.29 is 9.47 Å². The van der Waals surface area contributed by atoms with Gasteiger partial charge in [0.1, 0.15) is 22.8 Å². The minimum absolute atomic E-state index is 0.0893. The summed E-state index contributed by atoms with van der Waals surface area (Å²) in [6.07, 6.45) is 1.55. The Balaban J connectivity index is 1.57. The second kappa shape index (κ2) is 8.62. The number of hydrogen-bond acceptors (Lipinski definition) is 7. The summed E-state index contributed by atoms with van der Waals surface area (Å²) in [5.41, 5.74) is 8.71. The van der Waals surface area contributed by atoms with Gasteiger partial charge in [-0.1, -0.05) is 6.07 Å². The van der Waals surface area contributed by atoms with Crippen LogP contribution in [0.2, 0.25) is 0 Å². The molecule has 0 saturated carbocycles. The number of methoxy groups -OCH3 is 1. The van der Waals surface area contributed by atoms with Crippen LogP contribution in [0.15, 0.2) is 83.8 Å². The average molecular weight is 454 g/mol. The van der Waals surface area contributed by atoms with Crippen molar-refractivity contribution in [1.82, 2.24) is 19.1 Å². The number of fused-ring (bicyclic) bond motifs is 1. The summed E-state index contributed by atoms with van der Waals surface area (Å²) in [5.74, 6) is 2.15. The van der Waals surface area contributed by atoms with E-state index in [1.54, 1.807) is 30.0 Å². The van der Waals surface area contributed by atoms with Crippen molar-refractivity contribution in [1.29, 1.82) is 0 Å². The first-order valence-corrected chi connectivity index (χ1v) is 10.5. The highest BCUT2D eigenvalue weighted by molar-refractivity contribution is 5.77. The minimum atomic E-state index is -0.285. The molecule has 0 spiro atoms. The third-order valence-corrected chi connectivity index (χ3v) is 5.39. The van der Waals surface area contributed by atoms with Crippen LogP contribution < -0.4 is 26.2 Å². The first kappa shape index (κ1) is 21.1. The molecule has 0 atom stereocenters. The Bertz CT molecular complexity index is 1520. The van der Waals surface area contributed by atoms with Crippen molar-refractivity contribution in [2.24, 2.45) is 0 Å². The number of ether oxygens (including phenoxy) is 2. The van der Waals surface area contributed by atoms with Gasteiger partial charge in [-0.05, 0) is 66.7 Å². The molecule has 0 radical (unpaired) electrons. The Morgan fingerprint density at radius 1 is 0.882 bits per heavy atom. The molecule has 0 bridgehead atoms. The van der Waals surface area contributed by atoms with Gasteiger partial charge in [-0.25, -0.2) is 14.3 Å². The van der Waals surface area contributed by atoms with Crippen molar-refractivity contribution in [3.05, 3.63) is 89.5 Å². The van der Waals surface area contributed by atoms with Crippen LogP contribution in [-0.2, 0) is 0 Å². The fourth-order valence-electron chi connectivity index (χ4n) is 3.72. The zero-order chi connectivity index (χ0) is 23.7. The van der Waals surface area contributed by atoms with E-state index in [0.29, 0.717) is 34.0 Å². The van der Waals surface area contributed by atoms with Gasteiger partial charge in [-0.2, -0.15) is 4.98 Å². The first-order valence-electron chi connectivity index (χ1n) is 10.5. The zero-order valence-corrected chi connectivity index (χ0v) is 18.6. The van der Waals surface area contributed by atoms with Gasteiger partial charge in [0.15, 0.2) is 5.65 Å². The Morgan fingerprint density at radius 2 is 1.56 bits per heavy atom. The molecule has 0 aliphatic rings. The van der Waals surface area contributed by atoms with Crippen molar-refractivity contribution in [3.63, 3.8) is 0 Å². The maximum Gasteiger partial charge on any atom is 0.339 e. The second-order valence-corrected chi connectivity index (χ2v) is 7.46. The van der Waals surface area contributed by atoms with Crippen molar-refractivity contribution in [2.75, 3.05) is 25.2 Å². The molecule has 2 aromatic heterocycles.